The molecule has 1 saturated carbocycles. The number of carbonyl (C=O) groups excluding carboxylic acids is 1. The van der Waals surface area contributed by atoms with E-state index in [0.717, 1.165) is 29.1 Å². The first kappa shape index (κ1) is 12.0. The Morgan fingerprint density at radius 2 is 2.00 bits per heavy atom. The van der Waals surface area contributed by atoms with E-state index < -0.39 is 0 Å². The van der Waals surface area contributed by atoms with Crippen molar-refractivity contribution in [2.24, 2.45) is 5.41 Å². The van der Waals surface area contributed by atoms with Crippen molar-refractivity contribution >= 4 is 23.2 Å². The number of benzene rings is 1. The number of hydrogen-bond acceptors (Lipinski definition) is 1. The topological polar surface area (TPSA) is 29.1 Å². The van der Waals surface area contributed by atoms with Crippen LogP contribution in [-0.4, -0.2) is 5.91 Å². The Balaban J connectivity index is 2.02. The van der Waals surface area contributed by atoms with E-state index in [4.69, 9.17) is 11.6 Å². The summed E-state index contributed by atoms with van der Waals surface area (Å²) in [6, 6.07) is 5.72. The van der Waals surface area contributed by atoms with Crippen molar-refractivity contribution in [2.45, 2.75) is 44.9 Å². The first-order valence-electron chi connectivity index (χ1n) is 6.70. The fourth-order valence-corrected chi connectivity index (χ4v) is 3.75. The standard InChI is InChI=1S/C15H18ClNO/c1-15(7-3-2-4-8-15)13-11-9-10(16)5-6-12(11)17-14(13)18/h5-6,9,13H,2-4,7-8H2,1H3,(H,17,18). The second-order valence-electron chi connectivity index (χ2n) is 5.87. The molecule has 1 aliphatic heterocycles. The van der Waals surface area contributed by atoms with Crippen molar-refractivity contribution in [1.82, 2.24) is 0 Å². The second kappa shape index (κ2) is 4.27. The summed E-state index contributed by atoms with van der Waals surface area (Å²) in [6.45, 7) is 2.26. The lowest BCUT2D eigenvalue weighted by atomic mass is 9.65. The van der Waals surface area contributed by atoms with E-state index in [2.05, 4.69) is 12.2 Å². The number of fused-ring (bicyclic) bond motifs is 1. The summed E-state index contributed by atoms with van der Waals surface area (Å²) in [6.07, 6.45) is 6.03. The summed E-state index contributed by atoms with van der Waals surface area (Å²) in [5.41, 5.74) is 2.14. The molecule has 1 fully saturated rings. The highest BCUT2D eigenvalue weighted by molar-refractivity contribution is 6.31. The SMILES string of the molecule is CC1(C2C(=O)Nc3ccc(Cl)cc32)CCCCC1. The highest BCUT2D eigenvalue weighted by atomic mass is 35.5. The number of nitrogens with one attached hydrogen (secondary N) is 1. The third kappa shape index (κ3) is 1.83. The van der Waals surface area contributed by atoms with Crippen molar-refractivity contribution in [1.29, 1.82) is 0 Å². The van der Waals surface area contributed by atoms with Crippen LogP contribution in [0.2, 0.25) is 5.02 Å². The van der Waals surface area contributed by atoms with E-state index in [1.807, 2.05) is 18.2 Å². The Morgan fingerprint density at radius 1 is 1.28 bits per heavy atom. The third-order valence-electron chi connectivity index (χ3n) is 4.54. The van der Waals surface area contributed by atoms with Gasteiger partial charge < -0.3 is 5.32 Å². The van der Waals surface area contributed by atoms with Gasteiger partial charge in [0, 0.05) is 10.7 Å². The van der Waals surface area contributed by atoms with Gasteiger partial charge in [0.15, 0.2) is 0 Å². The lowest BCUT2D eigenvalue weighted by molar-refractivity contribution is -0.120. The number of rotatable bonds is 1. The van der Waals surface area contributed by atoms with Crippen LogP contribution in [0, 0.1) is 5.41 Å². The van der Waals surface area contributed by atoms with Gasteiger partial charge in [0.1, 0.15) is 0 Å². The van der Waals surface area contributed by atoms with E-state index >= 15 is 0 Å². The monoisotopic (exact) mass is 263 g/mol. The van der Waals surface area contributed by atoms with Crippen LogP contribution in [0.4, 0.5) is 5.69 Å². The highest BCUT2D eigenvalue weighted by Crippen LogP contribution is 2.51. The molecule has 2 aliphatic rings. The van der Waals surface area contributed by atoms with Crippen LogP contribution in [0.1, 0.15) is 50.5 Å². The first-order valence-corrected chi connectivity index (χ1v) is 7.08. The van der Waals surface area contributed by atoms with Crippen molar-refractivity contribution in [3.63, 3.8) is 0 Å². The summed E-state index contributed by atoms with van der Waals surface area (Å²) in [7, 11) is 0. The number of anilines is 1. The van der Waals surface area contributed by atoms with E-state index in [9.17, 15) is 4.79 Å². The summed E-state index contributed by atoms with van der Waals surface area (Å²) >= 11 is 6.08. The molecule has 0 saturated heterocycles. The molecule has 2 nitrogen and oxygen atoms in total. The van der Waals surface area contributed by atoms with Gasteiger partial charge in [0.25, 0.3) is 0 Å². The van der Waals surface area contributed by atoms with Gasteiger partial charge in [0.05, 0.1) is 5.92 Å². The molecule has 3 heteroatoms. The van der Waals surface area contributed by atoms with E-state index in [1.54, 1.807) is 0 Å². The Hall–Kier alpha value is -1.02. The van der Waals surface area contributed by atoms with Crippen LogP contribution < -0.4 is 5.32 Å². The van der Waals surface area contributed by atoms with E-state index in [0.29, 0.717) is 0 Å². The van der Waals surface area contributed by atoms with Crippen molar-refractivity contribution in [2.75, 3.05) is 5.32 Å². The predicted molar refractivity (Wildman–Crippen MR) is 74.0 cm³/mol. The van der Waals surface area contributed by atoms with Crippen LogP contribution in [0.25, 0.3) is 0 Å². The minimum atomic E-state index is -0.0218. The van der Waals surface area contributed by atoms with Gasteiger partial charge in [-0.25, -0.2) is 0 Å². The zero-order valence-corrected chi connectivity index (χ0v) is 11.4. The van der Waals surface area contributed by atoms with Crippen LogP contribution in [-0.2, 0) is 4.79 Å². The minimum absolute atomic E-state index is 0.0218. The smallest absolute Gasteiger partial charge is 0.232 e. The molecule has 0 radical (unpaired) electrons. The number of amides is 1. The van der Waals surface area contributed by atoms with Gasteiger partial charge in [-0.15, -0.1) is 0 Å². The van der Waals surface area contributed by atoms with Crippen LogP contribution in [0.5, 0.6) is 0 Å². The quantitative estimate of drug-likeness (QED) is 0.802. The average Bonchev–Trinajstić information content (AvgIpc) is 2.66. The molecular weight excluding hydrogens is 246 g/mol. The maximum atomic E-state index is 12.3. The van der Waals surface area contributed by atoms with Crippen LogP contribution in [0.15, 0.2) is 18.2 Å². The van der Waals surface area contributed by atoms with Crippen molar-refractivity contribution in [3.05, 3.63) is 28.8 Å². The third-order valence-corrected chi connectivity index (χ3v) is 4.77. The van der Waals surface area contributed by atoms with Crippen LogP contribution in [0.3, 0.4) is 0 Å². The van der Waals surface area contributed by atoms with Gasteiger partial charge in [-0.3, -0.25) is 4.79 Å². The van der Waals surface area contributed by atoms with Gasteiger partial charge >= 0.3 is 0 Å². The van der Waals surface area contributed by atoms with Crippen molar-refractivity contribution < 1.29 is 4.79 Å². The fraction of sp³-hybridized carbons (Fsp3) is 0.533. The molecule has 1 atom stereocenters. The van der Waals surface area contributed by atoms with Gasteiger partial charge in [-0.05, 0) is 42.0 Å². The fourth-order valence-electron chi connectivity index (χ4n) is 3.57. The summed E-state index contributed by atoms with van der Waals surface area (Å²) in [5, 5.41) is 3.72. The Morgan fingerprint density at radius 3 is 2.72 bits per heavy atom. The van der Waals surface area contributed by atoms with Gasteiger partial charge in [-0.2, -0.15) is 0 Å². The molecule has 1 aromatic rings. The molecule has 1 unspecified atom stereocenters. The van der Waals surface area contributed by atoms with Crippen LogP contribution >= 0.6 is 11.6 Å². The molecule has 1 heterocycles. The zero-order chi connectivity index (χ0) is 12.8. The molecule has 96 valence electrons. The predicted octanol–water partition coefficient (Wildman–Crippen LogP) is 4.35. The second-order valence-corrected chi connectivity index (χ2v) is 6.30. The number of hydrogen-bond donors (Lipinski definition) is 1. The summed E-state index contributed by atoms with van der Waals surface area (Å²) in [4.78, 5) is 12.3. The Labute approximate surface area is 113 Å². The molecule has 0 bridgehead atoms. The normalized spacial score (nSPS) is 25.7. The summed E-state index contributed by atoms with van der Waals surface area (Å²) in [5.74, 6) is 0.128. The number of halogens is 1. The molecule has 18 heavy (non-hydrogen) atoms. The van der Waals surface area contributed by atoms with E-state index in [-0.39, 0.29) is 17.2 Å². The number of carbonyl (C=O) groups is 1. The Kier molecular flexibility index (Phi) is 2.86. The minimum Gasteiger partial charge on any atom is -0.325 e. The molecule has 1 amide bonds. The zero-order valence-electron chi connectivity index (χ0n) is 10.6. The molecule has 3 rings (SSSR count). The molecular formula is C15H18ClNO. The molecule has 1 aromatic carbocycles. The van der Waals surface area contributed by atoms with Gasteiger partial charge in [-0.1, -0.05) is 37.8 Å². The molecule has 1 aliphatic carbocycles. The first-order chi connectivity index (χ1) is 8.60. The molecule has 0 spiro atoms. The maximum Gasteiger partial charge on any atom is 0.232 e. The summed E-state index contributed by atoms with van der Waals surface area (Å²) < 4.78 is 0. The lowest BCUT2D eigenvalue weighted by Gasteiger charge is -2.38. The highest BCUT2D eigenvalue weighted by Gasteiger charge is 2.45. The van der Waals surface area contributed by atoms with Gasteiger partial charge in [0.2, 0.25) is 5.91 Å². The van der Waals surface area contributed by atoms with Crippen molar-refractivity contribution in [3.8, 4) is 0 Å². The maximum absolute atomic E-state index is 12.3. The average molecular weight is 264 g/mol. The lowest BCUT2D eigenvalue weighted by Crippen LogP contribution is -2.32. The molecule has 1 N–H and O–H groups in total. The Bertz CT molecular complexity index is 491. The molecule has 0 aromatic heterocycles. The van der Waals surface area contributed by atoms with E-state index in [1.165, 1.54) is 19.3 Å². The largest absolute Gasteiger partial charge is 0.325 e.